The number of carbonyl (C=O) groups is 1. The Morgan fingerprint density at radius 3 is 2.78 bits per heavy atom. The average molecular weight is 314 g/mol. The summed E-state index contributed by atoms with van der Waals surface area (Å²) in [6, 6.07) is 0.452. The number of nitrogens with zero attached hydrogens (tertiary/aromatic N) is 1. The summed E-state index contributed by atoms with van der Waals surface area (Å²) in [7, 11) is 1.47. The summed E-state index contributed by atoms with van der Waals surface area (Å²) in [5.41, 5.74) is 2.46. The molecule has 0 saturated heterocycles. The fourth-order valence-corrected chi connectivity index (χ4v) is 3.49. The first-order valence-corrected chi connectivity index (χ1v) is 7.19. The third-order valence-corrected chi connectivity index (χ3v) is 4.34. The zero-order chi connectivity index (χ0) is 13.4. The lowest BCUT2D eigenvalue weighted by Gasteiger charge is -2.28. The van der Waals surface area contributed by atoms with E-state index >= 15 is 0 Å². The van der Waals surface area contributed by atoms with Gasteiger partial charge in [0.05, 0.1) is 13.0 Å². The van der Waals surface area contributed by atoms with Crippen molar-refractivity contribution in [2.75, 3.05) is 13.7 Å². The molecule has 0 saturated carbocycles. The highest BCUT2D eigenvalue weighted by Crippen LogP contribution is 2.43. The van der Waals surface area contributed by atoms with Gasteiger partial charge in [-0.2, -0.15) is 0 Å². The lowest BCUT2D eigenvalue weighted by Crippen LogP contribution is -2.28. The van der Waals surface area contributed by atoms with E-state index in [1.54, 1.807) is 0 Å². The first-order valence-electron chi connectivity index (χ1n) is 6.40. The second-order valence-corrected chi connectivity index (χ2v) is 6.38. The van der Waals surface area contributed by atoms with Crippen LogP contribution < -0.4 is 0 Å². The Labute approximate surface area is 117 Å². The zero-order valence-electron chi connectivity index (χ0n) is 11.4. The standard InChI is InChI=1S/C14H20BrNO2/c1-8(2)16-7-9(3)13-11(14(17)18-4)5-10(15)6-12(13)16/h6,8-9,11H,5,7H2,1-4H3. The highest BCUT2D eigenvalue weighted by Gasteiger charge is 2.39. The van der Waals surface area contributed by atoms with Crippen molar-refractivity contribution >= 4 is 21.9 Å². The van der Waals surface area contributed by atoms with Crippen LogP contribution in [0.5, 0.6) is 0 Å². The molecule has 4 heteroatoms. The molecular formula is C14H20BrNO2. The summed E-state index contributed by atoms with van der Waals surface area (Å²) < 4.78 is 6.03. The van der Waals surface area contributed by atoms with Crippen molar-refractivity contribution < 1.29 is 9.53 Å². The highest BCUT2D eigenvalue weighted by atomic mass is 79.9. The maximum Gasteiger partial charge on any atom is 0.313 e. The molecule has 0 aromatic carbocycles. The number of rotatable bonds is 2. The molecule has 0 spiro atoms. The SMILES string of the molecule is COC(=O)C1CC(Br)=CC2=C1C(C)CN2C(C)C. The minimum Gasteiger partial charge on any atom is -0.469 e. The van der Waals surface area contributed by atoms with Gasteiger partial charge in [0.1, 0.15) is 0 Å². The van der Waals surface area contributed by atoms with Crippen molar-refractivity contribution in [3.05, 3.63) is 21.8 Å². The lowest BCUT2D eigenvalue weighted by molar-refractivity contribution is -0.144. The van der Waals surface area contributed by atoms with E-state index < -0.39 is 0 Å². The molecular weight excluding hydrogens is 294 g/mol. The number of esters is 1. The number of allylic oxidation sites excluding steroid dienone is 2. The Hall–Kier alpha value is -0.770. The van der Waals surface area contributed by atoms with Crippen LogP contribution in [0.25, 0.3) is 0 Å². The molecule has 1 heterocycles. The van der Waals surface area contributed by atoms with E-state index in [1.165, 1.54) is 18.4 Å². The Bertz CT molecular complexity index is 426. The van der Waals surface area contributed by atoms with Crippen molar-refractivity contribution in [2.24, 2.45) is 11.8 Å². The molecule has 3 nitrogen and oxygen atoms in total. The smallest absolute Gasteiger partial charge is 0.313 e. The Morgan fingerprint density at radius 2 is 2.22 bits per heavy atom. The fraction of sp³-hybridized carbons (Fsp3) is 0.643. The van der Waals surface area contributed by atoms with Crippen molar-refractivity contribution in [2.45, 2.75) is 33.2 Å². The number of halogens is 1. The summed E-state index contributed by atoms with van der Waals surface area (Å²) in [4.78, 5) is 14.3. The number of hydrogen-bond acceptors (Lipinski definition) is 3. The number of ether oxygens (including phenoxy) is 1. The van der Waals surface area contributed by atoms with Gasteiger partial charge in [-0.15, -0.1) is 0 Å². The first kappa shape index (κ1) is 13.7. The minimum absolute atomic E-state index is 0.120. The Balaban J connectivity index is 2.42. The molecule has 0 N–H and O–H groups in total. The van der Waals surface area contributed by atoms with Gasteiger partial charge in [0.15, 0.2) is 0 Å². The van der Waals surface area contributed by atoms with E-state index in [9.17, 15) is 4.79 Å². The molecule has 0 amide bonds. The maximum absolute atomic E-state index is 12.0. The molecule has 0 bridgehead atoms. The molecule has 2 atom stereocenters. The van der Waals surface area contributed by atoms with Gasteiger partial charge in [0, 0.05) is 18.3 Å². The first-order chi connectivity index (χ1) is 8.45. The second kappa shape index (κ2) is 5.08. The topological polar surface area (TPSA) is 29.5 Å². The summed E-state index contributed by atoms with van der Waals surface area (Å²) in [6.07, 6.45) is 2.89. The van der Waals surface area contributed by atoms with Crippen LogP contribution in [0.15, 0.2) is 21.8 Å². The van der Waals surface area contributed by atoms with E-state index in [2.05, 4.69) is 47.7 Å². The molecule has 0 aromatic heterocycles. The number of carbonyl (C=O) groups excluding carboxylic acids is 1. The van der Waals surface area contributed by atoms with E-state index in [1.807, 2.05) is 0 Å². The number of methoxy groups -OCH3 is 1. The van der Waals surface area contributed by atoms with E-state index in [0.717, 1.165) is 17.4 Å². The molecule has 2 unspecified atom stereocenters. The van der Waals surface area contributed by atoms with Gasteiger partial charge in [0.25, 0.3) is 0 Å². The largest absolute Gasteiger partial charge is 0.469 e. The van der Waals surface area contributed by atoms with Gasteiger partial charge in [-0.3, -0.25) is 4.79 Å². The molecule has 1 aliphatic carbocycles. The average Bonchev–Trinajstić information content (AvgIpc) is 2.64. The molecule has 2 rings (SSSR count). The van der Waals surface area contributed by atoms with Crippen molar-refractivity contribution in [3.63, 3.8) is 0 Å². The van der Waals surface area contributed by atoms with Crippen LogP contribution in [0.2, 0.25) is 0 Å². The van der Waals surface area contributed by atoms with Crippen LogP contribution >= 0.6 is 15.9 Å². The van der Waals surface area contributed by atoms with E-state index in [-0.39, 0.29) is 11.9 Å². The third kappa shape index (κ3) is 2.22. The van der Waals surface area contributed by atoms with Crippen LogP contribution in [0.4, 0.5) is 0 Å². The lowest BCUT2D eigenvalue weighted by atomic mass is 9.84. The predicted octanol–water partition coefficient (Wildman–Crippen LogP) is 3.07. The van der Waals surface area contributed by atoms with Crippen LogP contribution in [-0.2, 0) is 9.53 Å². The second-order valence-electron chi connectivity index (χ2n) is 5.36. The summed E-state index contributed by atoms with van der Waals surface area (Å²) >= 11 is 3.55. The van der Waals surface area contributed by atoms with Gasteiger partial charge in [-0.25, -0.2) is 0 Å². The van der Waals surface area contributed by atoms with Gasteiger partial charge < -0.3 is 9.64 Å². The minimum atomic E-state index is -0.122. The van der Waals surface area contributed by atoms with Crippen LogP contribution in [-0.4, -0.2) is 30.6 Å². The normalized spacial score (nSPS) is 27.4. The quantitative estimate of drug-likeness (QED) is 0.734. The highest BCUT2D eigenvalue weighted by molar-refractivity contribution is 9.11. The molecule has 1 aliphatic heterocycles. The van der Waals surface area contributed by atoms with Crippen LogP contribution in [0.1, 0.15) is 27.2 Å². The molecule has 0 fully saturated rings. The fourth-order valence-electron chi connectivity index (χ4n) is 2.95. The summed E-state index contributed by atoms with van der Waals surface area (Å²) in [6.45, 7) is 7.56. The molecule has 2 aliphatic rings. The molecule has 0 aromatic rings. The predicted molar refractivity (Wildman–Crippen MR) is 75.2 cm³/mol. The monoisotopic (exact) mass is 313 g/mol. The number of hydrogen-bond donors (Lipinski definition) is 0. The Morgan fingerprint density at radius 1 is 1.56 bits per heavy atom. The van der Waals surface area contributed by atoms with Gasteiger partial charge in [-0.1, -0.05) is 22.9 Å². The van der Waals surface area contributed by atoms with Gasteiger partial charge >= 0.3 is 5.97 Å². The zero-order valence-corrected chi connectivity index (χ0v) is 13.0. The van der Waals surface area contributed by atoms with Gasteiger partial charge in [0.2, 0.25) is 0 Å². The maximum atomic E-state index is 12.0. The summed E-state index contributed by atoms with van der Waals surface area (Å²) in [5.74, 6) is 0.177. The van der Waals surface area contributed by atoms with Crippen molar-refractivity contribution in [1.82, 2.24) is 4.90 Å². The summed E-state index contributed by atoms with van der Waals surface area (Å²) in [5, 5.41) is 0. The van der Waals surface area contributed by atoms with Crippen LogP contribution in [0.3, 0.4) is 0 Å². The van der Waals surface area contributed by atoms with E-state index in [4.69, 9.17) is 4.74 Å². The van der Waals surface area contributed by atoms with E-state index in [0.29, 0.717) is 12.0 Å². The van der Waals surface area contributed by atoms with Gasteiger partial charge in [-0.05, 0) is 42.3 Å². The van der Waals surface area contributed by atoms with Crippen molar-refractivity contribution in [1.29, 1.82) is 0 Å². The molecule has 100 valence electrons. The van der Waals surface area contributed by atoms with Crippen LogP contribution in [0, 0.1) is 11.8 Å². The molecule has 0 radical (unpaired) electrons. The molecule has 18 heavy (non-hydrogen) atoms. The third-order valence-electron chi connectivity index (χ3n) is 3.78. The van der Waals surface area contributed by atoms with Crippen molar-refractivity contribution in [3.8, 4) is 0 Å². The Kier molecular flexibility index (Phi) is 3.85.